The first-order valence-corrected chi connectivity index (χ1v) is 8.03. The first kappa shape index (κ1) is 14.9. The summed E-state index contributed by atoms with van der Waals surface area (Å²) in [5, 5.41) is 2.99. The van der Waals surface area contributed by atoms with Gasteiger partial charge in [-0.2, -0.15) is 0 Å². The highest BCUT2D eigenvalue weighted by Crippen LogP contribution is 2.36. The molecule has 3 rings (SSSR count). The van der Waals surface area contributed by atoms with E-state index in [1.165, 1.54) is 19.2 Å². The van der Waals surface area contributed by atoms with Crippen molar-refractivity contribution in [2.75, 3.05) is 12.9 Å². The predicted octanol–water partition coefficient (Wildman–Crippen LogP) is 3.80. The molecule has 1 aliphatic rings. The number of benzene rings is 2. The maximum atomic E-state index is 13.5. The van der Waals surface area contributed by atoms with Crippen LogP contribution in [0.3, 0.4) is 0 Å². The monoisotopic (exact) mass is 317 g/mol. The Morgan fingerprint density at radius 3 is 2.95 bits per heavy atom. The maximum Gasteiger partial charge on any atom is 0.255 e. The van der Waals surface area contributed by atoms with Gasteiger partial charge in [-0.3, -0.25) is 4.79 Å². The van der Waals surface area contributed by atoms with Crippen LogP contribution in [0.2, 0.25) is 0 Å². The summed E-state index contributed by atoms with van der Waals surface area (Å²) >= 11 is 1.69. The number of rotatable bonds is 3. The van der Waals surface area contributed by atoms with Crippen molar-refractivity contribution >= 4 is 17.7 Å². The van der Waals surface area contributed by atoms with Crippen LogP contribution < -0.4 is 10.1 Å². The molecular weight excluding hydrogens is 301 g/mol. The number of nitrogens with one attached hydrogen (secondary N) is 1. The minimum atomic E-state index is -0.280. The second-order valence-corrected chi connectivity index (χ2v) is 6.18. The fraction of sp³-hybridized carbons (Fsp3) is 0.235. The lowest BCUT2D eigenvalue weighted by molar-refractivity contribution is 0.0932. The Kier molecular flexibility index (Phi) is 4.34. The fourth-order valence-corrected chi connectivity index (χ4v) is 3.69. The average Bonchev–Trinajstić information content (AvgIpc) is 2.55. The third-order valence-electron chi connectivity index (χ3n) is 3.67. The molecule has 1 heterocycles. The Balaban J connectivity index is 1.85. The number of hydrogen-bond donors (Lipinski definition) is 1. The Bertz CT molecular complexity index is 705. The summed E-state index contributed by atoms with van der Waals surface area (Å²) in [6.45, 7) is 0. The van der Waals surface area contributed by atoms with Crippen LogP contribution in [0, 0.1) is 5.82 Å². The number of carbonyl (C=O) groups excluding carboxylic acids is 1. The molecule has 114 valence electrons. The number of methoxy groups -OCH3 is 1. The number of ether oxygens (including phenoxy) is 1. The van der Waals surface area contributed by atoms with E-state index in [-0.39, 0.29) is 17.8 Å². The maximum absolute atomic E-state index is 13.5. The van der Waals surface area contributed by atoms with Crippen molar-refractivity contribution in [2.24, 2.45) is 0 Å². The molecule has 0 saturated heterocycles. The molecule has 0 radical (unpaired) electrons. The third-order valence-corrected chi connectivity index (χ3v) is 4.79. The van der Waals surface area contributed by atoms with E-state index in [0.29, 0.717) is 11.3 Å². The van der Waals surface area contributed by atoms with E-state index >= 15 is 0 Å². The van der Waals surface area contributed by atoms with E-state index in [2.05, 4.69) is 5.32 Å². The average molecular weight is 317 g/mol. The molecule has 3 nitrogen and oxygen atoms in total. The number of carbonyl (C=O) groups is 1. The van der Waals surface area contributed by atoms with Crippen molar-refractivity contribution in [3.8, 4) is 5.75 Å². The van der Waals surface area contributed by atoms with Crippen LogP contribution in [0.1, 0.15) is 28.4 Å². The first-order chi connectivity index (χ1) is 10.7. The minimum Gasteiger partial charge on any atom is -0.496 e. The Morgan fingerprint density at radius 2 is 2.14 bits per heavy atom. The van der Waals surface area contributed by atoms with Gasteiger partial charge in [0.25, 0.3) is 5.91 Å². The molecule has 1 N–H and O–H groups in total. The van der Waals surface area contributed by atoms with E-state index in [1.54, 1.807) is 36.0 Å². The van der Waals surface area contributed by atoms with Crippen molar-refractivity contribution < 1.29 is 13.9 Å². The van der Waals surface area contributed by atoms with Crippen LogP contribution in [0.15, 0.2) is 47.4 Å². The van der Waals surface area contributed by atoms with Gasteiger partial charge in [0.1, 0.15) is 11.6 Å². The van der Waals surface area contributed by atoms with Gasteiger partial charge in [0, 0.05) is 10.6 Å². The summed E-state index contributed by atoms with van der Waals surface area (Å²) in [6, 6.07) is 11.6. The lowest BCUT2D eigenvalue weighted by atomic mass is 10.0. The summed E-state index contributed by atoms with van der Waals surface area (Å²) in [5.41, 5.74) is 1.33. The lowest BCUT2D eigenvalue weighted by Gasteiger charge is -2.26. The lowest BCUT2D eigenvalue weighted by Crippen LogP contribution is -2.31. The molecule has 0 aromatic heterocycles. The van der Waals surface area contributed by atoms with Gasteiger partial charge in [0.05, 0.1) is 18.7 Å². The molecule has 2 aromatic carbocycles. The molecule has 0 saturated carbocycles. The van der Waals surface area contributed by atoms with Crippen molar-refractivity contribution in [1.82, 2.24) is 5.32 Å². The Labute approximate surface area is 132 Å². The second-order valence-electron chi connectivity index (χ2n) is 5.05. The van der Waals surface area contributed by atoms with Gasteiger partial charge in [-0.15, -0.1) is 11.8 Å². The Hall–Kier alpha value is -2.01. The molecule has 0 spiro atoms. The third kappa shape index (κ3) is 2.95. The van der Waals surface area contributed by atoms with Crippen LogP contribution in [0.5, 0.6) is 5.75 Å². The van der Waals surface area contributed by atoms with Crippen LogP contribution in [-0.4, -0.2) is 18.8 Å². The summed E-state index contributed by atoms with van der Waals surface area (Å²) in [4.78, 5) is 13.5. The highest BCUT2D eigenvalue weighted by molar-refractivity contribution is 7.99. The summed E-state index contributed by atoms with van der Waals surface area (Å²) in [6.07, 6.45) is 0.780. The van der Waals surface area contributed by atoms with Gasteiger partial charge < -0.3 is 10.1 Å². The SMILES string of the molecule is COc1ccccc1C(=O)NC1CCSc2ccc(F)cc21. The zero-order chi connectivity index (χ0) is 15.5. The van der Waals surface area contributed by atoms with Crippen molar-refractivity contribution in [3.63, 3.8) is 0 Å². The highest BCUT2D eigenvalue weighted by atomic mass is 32.2. The topological polar surface area (TPSA) is 38.3 Å². The van der Waals surface area contributed by atoms with E-state index in [1.807, 2.05) is 6.07 Å². The number of halogens is 1. The van der Waals surface area contributed by atoms with Gasteiger partial charge in [-0.1, -0.05) is 12.1 Å². The standard InChI is InChI=1S/C17H16FNO2S/c1-21-15-5-3-2-4-12(15)17(20)19-14-8-9-22-16-7-6-11(18)10-13(14)16/h2-7,10,14H,8-9H2,1H3,(H,19,20). The number of hydrogen-bond acceptors (Lipinski definition) is 3. The molecule has 1 unspecified atom stereocenters. The minimum absolute atomic E-state index is 0.177. The number of thioether (sulfide) groups is 1. The molecule has 1 atom stereocenters. The predicted molar refractivity (Wildman–Crippen MR) is 84.9 cm³/mol. The summed E-state index contributed by atoms with van der Waals surface area (Å²) in [5.74, 6) is 0.946. The van der Waals surface area contributed by atoms with Gasteiger partial charge in [0.2, 0.25) is 0 Å². The van der Waals surface area contributed by atoms with Crippen LogP contribution in [0.4, 0.5) is 4.39 Å². The van der Waals surface area contributed by atoms with E-state index < -0.39 is 0 Å². The van der Waals surface area contributed by atoms with Crippen molar-refractivity contribution in [3.05, 3.63) is 59.4 Å². The fourth-order valence-electron chi connectivity index (χ4n) is 2.58. The largest absolute Gasteiger partial charge is 0.496 e. The first-order valence-electron chi connectivity index (χ1n) is 7.05. The van der Waals surface area contributed by atoms with Crippen molar-refractivity contribution in [1.29, 1.82) is 0 Å². The molecule has 0 fully saturated rings. The normalized spacial score (nSPS) is 16.7. The number of para-hydroxylation sites is 1. The van der Waals surface area contributed by atoms with Crippen LogP contribution >= 0.6 is 11.8 Å². The van der Waals surface area contributed by atoms with E-state index in [0.717, 1.165) is 22.6 Å². The molecule has 1 amide bonds. The van der Waals surface area contributed by atoms with Crippen LogP contribution in [-0.2, 0) is 0 Å². The Morgan fingerprint density at radius 1 is 1.32 bits per heavy atom. The summed E-state index contributed by atoms with van der Waals surface area (Å²) < 4.78 is 18.7. The second kappa shape index (κ2) is 6.40. The van der Waals surface area contributed by atoms with E-state index in [4.69, 9.17) is 4.74 Å². The van der Waals surface area contributed by atoms with Gasteiger partial charge in [0.15, 0.2) is 0 Å². The van der Waals surface area contributed by atoms with Gasteiger partial charge in [-0.05, 0) is 42.3 Å². The number of fused-ring (bicyclic) bond motifs is 1. The van der Waals surface area contributed by atoms with Gasteiger partial charge >= 0.3 is 0 Å². The van der Waals surface area contributed by atoms with Gasteiger partial charge in [-0.25, -0.2) is 4.39 Å². The highest BCUT2D eigenvalue weighted by Gasteiger charge is 2.24. The number of amides is 1. The molecule has 2 aromatic rings. The zero-order valence-electron chi connectivity index (χ0n) is 12.1. The molecule has 22 heavy (non-hydrogen) atoms. The zero-order valence-corrected chi connectivity index (χ0v) is 13.0. The molecule has 5 heteroatoms. The van der Waals surface area contributed by atoms with E-state index in [9.17, 15) is 9.18 Å². The molecule has 1 aliphatic heterocycles. The quantitative estimate of drug-likeness (QED) is 0.936. The molecule has 0 bridgehead atoms. The molecular formula is C17H16FNO2S. The molecule has 0 aliphatic carbocycles. The van der Waals surface area contributed by atoms with Crippen molar-refractivity contribution in [2.45, 2.75) is 17.4 Å². The van der Waals surface area contributed by atoms with Crippen LogP contribution in [0.25, 0.3) is 0 Å². The smallest absolute Gasteiger partial charge is 0.255 e. The summed E-state index contributed by atoms with van der Waals surface area (Å²) in [7, 11) is 1.54.